The first kappa shape index (κ1) is 11.9. The molecule has 2 heterocycles. The van der Waals surface area contributed by atoms with Crippen molar-refractivity contribution in [3.8, 4) is 0 Å². The Kier molecular flexibility index (Phi) is 3.33. The molecule has 0 aromatic carbocycles. The van der Waals surface area contributed by atoms with Gasteiger partial charge in [0.05, 0.1) is 5.56 Å². The van der Waals surface area contributed by atoms with E-state index in [1.807, 2.05) is 0 Å². The lowest BCUT2D eigenvalue weighted by molar-refractivity contribution is -0.121. The predicted octanol–water partition coefficient (Wildman–Crippen LogP) is 0.460. The van der Waals surface area contributed by atoms with Crippen LogP contribution in [0, 0.1) is 0 Å². The summed E-state index contributed by atoms with van der Waals surface area (Å²) in [5, 5.41) is 0.368. The molecule has 1 atom stereocenters. The van der Waals surface area contributed by atoms with Crippen molar-refractivity contribution in [2.24, 2.45) is 5.73 Å². The average molecular weight is 251 g/mol. The number of rotatable bonds is 2. The summed E-state index contributed by atoms with van der Waals surface area (Å²) in [6.45, 7) is 0.550. The Hall–Kier alpha value is -1.56. The number of likely N-dealkylation sites (tertiary alicyclic amines) is 1. The number of aromatic nitrogens is 1. The molecule has 1 aromatic heterocycles. The molecule has 1 aliphatic heterocycles. The van der Waals surface area contributed by atoms with Gasteiger partial charge in [0.15, 0.2) is 0 Å². The third-order valence-electron chi connectivity index (χ3n) is 2.86. The molecule has 6 heteroatoms. The second kappa shape index (κ2) is 4.75. The number of nitrogens with two attached hydrogens (primary N) is 1. The Balaban J connectivity index is 2.26. The van der Waals surface area contributed by atoms with Crippen LogP contribution in [0.25, 0.3) is 0 Å². The highest BCUT2D eigenvalue weighted by molar-refractivity contribution is 7.80. The van der Waals surface area contributed by atoms with Gasteiger partial charge in [0.1, 0.15) is 11.1 Å². The summed E-state index contributed by atoms with van der Waals surface area (Å²) in [6.07, 6.45) is 2.99. The summed E-state index contributed by atoms with van der Waals surface area (Å²) in [6, 6.07) is 2.81. The van der Waals surface area contributed by atoms with Gasteiger partial charge >= 0.3 is 0 Å². The van der Waals surface area contributed by atoms with Crippen LogP contribution in [-0.4, -0.2) is 34.3 Å². The van der Waals surface area contributed by atoms with Crippen molar-refractivity contribution in [1.29, 1.82) is 0 Å². The van der Waals surface area contributed by atoms with E-state index >= 15 is 0 Å². The van der Waals surface area contributed by atoms with E-state index in [4.69, 9.17) is 5.73 Å². The standard InChI is InChI=1S/C11H13N3O2S/c12-9(15)8-4-2-6-14(8)11(16)7-3-1-5-13-10(7)17/h1,3,5,8H,2,4,6H2,(H2,12,15)(H,13,17)/t8-/m0/s1. The molecule has 2 rings (SSSR count). The summed E-state index contributed by atoms with van der Waals surface area (Å²) in [4.78, 5) is 28.9. The van der Waals surface area contributed by atoms with E-state index in [-0.39, 0.29) is 5.91 Å². The third-order valence-corrected chi connectivity index (χ3v) is 3.22. The topological polar surface area (TPSA) is 76.3 Å². The number of carbonyl (C=O) groups excluding carboxylic acids is 2. The molecule has 1 aliphatic rings. The third kappa shape index (κ3) is 2.26. The van der Waals surface area contributed by atoms with Gasteiger partial charge < -0.3 is 10.6 Å². The smallest absolute Gasteiger partial charge is 0.257 e. The molecular formula is C11H13N3O2S. The van der Waals surface area contributed by atoms with Crippen LogP contribution in [0.5, 0.6) is 0 Å². The molecule has 5 nitrogen and oxygen atoms in total. The highest BCUT2D eigenvalue weighted by Crippen LogP contribution is 2.21. The second-order valence-electron chi connectivity index (χ2n) is 3.93. The van der Waals surface area contributed by atoms with Crippen molar-refractivity contribution in [2.45, 2.75) is 23.9 Å². The normalized spacial score (nSPS) is 19.4. The number of amides is 2. The van der Waals surface area contributed by atoms with Gasteiger partial charge in [-0.2, -0.15) is 0 Å². The van der Waals surface area contributed by atoms with Crippen LogP contribution in [0.15, 0.2) is 23.4 Å². The summed E-state index contributed by atoms with van der Waals surface area (Å²) >= 11 is 4.14. The zero-order valence-corrected chi connectivity index (χ0v) is 10.1. The van der Waals surface area contributed by atoms with E-state index < -0.39 is 11.9 Å². The maximum absolute atomic E-state index is 12.2. The van der Waals surface area contributed by atoms with E-state index in [0.29, 0.717) is 23.6 Å². The first-order valence-corrected chi connectivity index (χ1v) is 5.80. The summed E-state index contributed by atoms with van der Waals surface area (Å²) in [5.74, 6) is -0.690. The van der Waals surface area contributed by atoms with Gasteiger partial charge in [-0.3, -0.25) is 9.59 Å². The van der Waals surface area contributed by atoms with Gasteiger partial charge in [-0.05, 0) is 25.0 Å². The maximum atomic E-state index is 12.2. The summed E-state index contributed by atoms with van der Waals surface area (Å²) < 4.78 is 0. The second-order valence-corrected chi connectivity index (χ2v) is 4.36. The number of pyridine rings is 1. The number of hydrogen-bond donors (Lipinski definition) is 2. The molecule has 0 aliphatic carbocycles. The molecule has 0 spiro atoms. The Morgan fingerprint density at radius 1 is 1.53 bits per heavy atom. The Morgan fingerprint density at radius 3 is 2.94 bits per heavy atom. The summed E-state index contributed by atoms with van der Waals surface area (Å²) in [7, 11) is 0. The molecule has 0 unspecified atom stereocenters. The lowest BCUT2D eigenvalue weighted by Crippen LogP contribution is -2.43. The van der Waals surface area contributed by atoms with Crippen molar-refractivity contribution >= 4 is 24.4 Å². The van der Waals surface area contributed by atoms with Crippen LogP contribution in [0.3, 0.4) is 0 Å². The fraction of sp³-hybridized carbons (Fsp3) is 0.364. The van der Waals surface area contributed by atoms with Crippen molar-refractivity contribution in [3.63, 3.8) is 0 Å². The molecule has 1 aromatic rings. The fourth-order valence-corrected chi connectivity index (χ4v) is 2.26. The van der Waals surface area contributed by atoms with E-state index in [1.54, 1.807) is 18.3 Å². The van der Waals surface area contributed by atoms with Crippen molar-refractivity contribution in [3.05, 3.63) is 23.9 Å². The fourth-order valence-electron chi connectivity index (χ4n) is 2.02. The molecule has 1 saturated heterocycles. The minimum absolute atomic E-state index is 0.232. The molecule has 0 saturated carbocycles. The minimum Gasteiger partial charge on any atom is -0.368 e. The Morgan fingerprint density at radius 2 is 2.29 bits per heavy atom. The molecule has 1 fully saturated rings. The van der Waals surface area contributed by atoms with Crippen LogP contribution in [-0.2, 0) is 4.79 Å². The van der Waals surface area contributed by atoms with Crippen LogP contribution >= 0.6 is 12.6 Å². The van der Waals surface area contributed by atoms with E-state index in [0.717, 1.165) is 6.42 Å². The number of primary amides is 1. The van der Waals surface area contributed by atoms with Gasteiger partial charge in [0, 0.05) is 12.7 Å². The van der Waals surface area contributed by atoms with Gasteiger partial charge in [-0.1, -0.05) is 0 Å². The van der Waals surface area contributed by atoms with Crippen LogP contribution in [0.1, 0.15) is 23.2 Å². The van der Waals surface area contributed by atoms with Crippen molar-refractivity contribution in [2.75, 3.05) is 6.54 Å². The molecule has 90 valence electrons. The van der Waals surface area contributed by atoms with Crippen LogP contribution in [0.2, 0.25) is 0 Å². The van der Waals surface area contributed by atoms with Crippen molar-refractivity contribution in [1.82, 2.24) is 9.88 Å². The van der Waals surface area contributed by atoms with Gasteiger partial charge in [0.2, 0.25) is 5.91 Å². The molecule has 17 heavy (non-hydrogen) atoms. The molecule has 0 bridgehead atoms. The Bertz CT molecular complexity index is 464. The lowest BCUT2D eigenvalue weighted by Gasteiger charge is -2.22. The van der Waals surface area contributed by atoms with Crippen LogP contribution in [0.4, 0.5) is 0 Å². The maximum Gasteiger partial charge on any atom is 0.257 e. The first-order valence-electron chi connectivity index (χ1n) is 5.35. The highest BCUT2D eigenvalue weighted by atomic mass is 32.1. The predicted molar refractivity (Wildman–Crippen MR) is 64.7 cm³/mol. The summed E-state index contributed by atoms with van der Waals surface area (Å²) in [5.41, 5.74) is 5.68. The average Bonchev–Trinajstić information content (AvgIpc) is 2.77. The molecule has 2 amide bonds. The van der Waals surface area contributed by atoms with Crippen LogP contribution < -0.4 is 5.73 Å². The number of thiol groups is 1. The number of nitrogens with zero attached hydrogens (tertiary/aromatic N) is 2. The first-order chi connectivity index (χ1) is 8.11. The molecule has 2 N–H and O–H groups in total. The monoisotopic (exact) mass is 251 g/mol. The quantitative estimate of drug-likeness (QED) is 0.750. The largest absolute Gasteiger partial charge is 0.368 e. The molecular weight excluding hydrogens is 238 g/mol. The van der Waals surface area contributed by atoms with E-state index in [9.17, 15) is 9.59 Å². The van der Waals surface area contributed by atoms with Gasteiger partial charge in [-0.25, -0.2) is 4.98 Å². The minimum atomic E-state index is -0.504. The lowest BCUT2D eigenvalue weighted by atomic mass is 10.2. The van der Waals surface area contributed by atoms with E-state index in [1.165, 1.54) is 4.90 Å². The van der Waals surface area contributed by atoms with Gasteiger partial charge in [0.25, 0.3) is 5.91 Å². The molecule has 0 radical (unpaired) electrons. The number of carbonyl (C=O) groups is 2. The zero-order valence-electron chi connectivity index (χ0n) is 9.17. The van der Waals surface area contributed by atoms with E-state index in [2.05, 4.69) is 17.6 Å². The highest BCUT2D eigenvalue weighted by Gasteiger charge is 2.33. The Labute approximate surface area is 104 Å². The van der Waals surface area contributed by atoms with Gasteiger partial charge in [-0.15, -0.1) is 12.6 Å². The SMILES string of the molecule is NC(=O)[C@@H]1CCCN1C(=O)c1cccnc1S. The zero-order chi connectivity index (χ0) is 12.4. The number of hydrogen-bond acceptors (Lipinski definition) is 4. The van der Waals surface area contributed by atoms with Crippen molar-refractivity contribution < 1.29 is 9.59 Å².